The van der Waals surface area contributed by atoms with Crippen LogP contribution in [-0.4, -0.2) is 45.6 Å². The fraction of sp³-hybridized carbons (Fsp3) is 0.389. The number of aromatic nitrogens is 2. The molecule has 25 heavy (non-hydrogen) atoms. The molecule has 1 aliphatic heterocycles. The highest BCUT2D eigenvalue weighted by Gasteiger charge is 2.29. The van der Waals surface area contributed by atoms with Gasteiger partial charge in [0.05, 0.1) is 5.56 Å². The molecule has 0 radical (unpaired) electrons. The van der Waals surface area contributed by atoms with Crippen LogP contribution < -0.4 is 5.73 Å². The number of imidazole rings is 1. The molecule has 7 heteroatoms. The maximum atomic E-state index is 13.0. The molecule has 0 bridgehead atoms. The molecule has 2 aromatic rings. The Hall–Kier alpha value is -2.28. The average Bonchev–Trinajstić information content (AvgIpc) is 3.08. The van der Waals surface area contributed by atoms with Gasteiger partial charge in [-0.1, -0.05) is 12.1 Å². The number of primary amides is 1. The van der Waals surface area contributed by atoms with E-state index in [9.17, 15) is 9.59 Å². The first-order valence-electron chi connectivity index (χ1n) is 8.31. The van der Waals surface area contributed by atoms with Crippen molar-refractivity contribution in [3.8, 4) is 0 Å². The Morgan fingerprint density at radius 1 is 1.36 bits per heavy atom. The van der Waals surface area contributed by atoms with Crippen molar-refractivity contribution in [1.29, 1.82) is 0 Å². The van der Waals surface area contributed by atoms with Gasteiger partial charge in [-0.25, -0.2) is 4.98 Å². The maximum absolute atomic E-state index is 13.0. The zero-order chi connectivity index (χ0) is 17.8. The van der Waals surface area contributed by atoms with Crippen LogP contribution in [0.25, 0.3) is 0 Å². The summed E-state index contributed by atoms with van der Waals surface area (Å²) < 4.78 is 1.79. The van der Waals surface area contributed by atoms with Crippen LogP contribution in [0.1, 0.15) is 34.9 Å². The van der Waals surface area contributed by atoms with E-state index in [1.165, 1.54) is 0 Å². The molecule has 1 aromatic heterocycles. The Morgan fingerprint density at radius 2 is 2.16 bits per heavy atom. The fourth-order valence-electron chi connectivity index (χ4n) is 3.35. The maximum Gasteiger partial charge on any atom is 0.255 e. The van der Waals surface area contributed by atoms with E-state index < -0.39 is 5.91 Å². The fourth-order valence-corrected chi connectivity index (χ4v) is 3.94. The third-order valence-electron chi connectivity index (χ3n) is 4.49. The Labute approximate surface area is 151 Å². The summed E-state index contributed by atoms with van der Waals surface area (Å²) in [5.41, 5.74) is 6.06. The highest BCUT2D eigenvalue weighted by atomic mass is 32.2. The molecule has 1 aliphatic rings. The molecule has 1 fully saturated rings. The first-order chi connectivity index (χ1) is 12.1. The molecule has 1 atom stereocenters. The van der Waals surface area contributed by atoms with E-state index in [-0.39, 0.29) is 18.4 Å². The van der Waals surface area contributed by atoms with Crippen molar-refractivity contribution in [1.82, 2.24) is 14.5 Å². The third-order valence-corrected chi connectivity index (χ3v) is 5.28. The van der Waals surface area contributed by atoms with Gasteiger partial charge in [0.25, 0.3) is 5.91 Å². The molecule has 3 rings (SSSR count). The summed E-state index contributed by atoms with van der Waals surface area (Å²) in [6, 6.07) is 7.70. The third kappa shape index (κ3) is 3.87. The van der Waals surface area contributed by atoms with Crippen molar-refractivity contribution in [2.45, 2.75) is 30.2 Å². The first-order valence-corrected chi connectivity index (χ1v) is 9.54. The standard InChI is InChI=1S/C18H22N4O2S/c1-25-15-7-3-2-6-14(15)18(24)22-9-4-5-13(11-22)17-20-8-10-21(17)12-16(19)23/h2-3,6-8,10,13H,4-5,9,11-12H2,1H3,(H2,19,23)/t13-/m1/s1. The molecular formula is C18H22N4O2S. The Kier molecular flexibility index (Phi) is 5.43. The molecule has 0 saturated carbocycles. The van der Waals surface area contributed by atoms with Crippen molar-refractivity contribution in [3.63, 3.8) is 0 Å². The minimum absolute atomic E-state index is 0.0580. The van der Waals surface area contributed by atoms with Crippen molar-refractivity contribution in [3.05, 3.63) is 48.0 Å². The summed E-state index contributed by atoms with van der Waals surface area (Å²) in [6.45, 7) is 1.47. The van der Waals surface area contributed by atoms with Crippen LogP contribution in [0.5, 0.6) is 0 Å². The lowest BCUT2D eigenvalue weighted by Crippen LogP contribution is -2.40. The van der Waals surface area contributed by atoms with E-state index in [4.69, 9.17) is 5.73 Å². The number of benzene rings is 1. The van der Waals surface area contributed by atoms with Crippen LogP contribution in [0.4, 0.5) is 0 Å². The minimum Gasteiger partial charge on any atom is -0.368 e. The average molecular weight is 358 g/mol. The number of carbonyl (C=O) groups is 2. The predicted molar refractivity (Wildman–Crippen MR) is 97.5 cm³/mol. The molecule has 1 aromatic carbocycles. The Balaban J connectivity index is 1.78. The van der Waals surface area contributed by atoms with Crippen molar-refractivity contribution >= 4 is 23.6 Å². The van der Waals surface area contributed by atoms with E-state index >= 15 is 0 Å². The number of nitrogens with zero attached hydrogens (tertiary/aromatic N) is 3. The number of hydrogen-bond donors (Lipinski definition) is 1. The second-order valence-electron chi connectivity index (χ2n) is 6.17. The largest absolute Gasteiger partial charge is 0.368 e. The monoisotopic (exact) mass is 358 g/mol. The van der Waals surface area contributed by atoms with Crippen molar-refractivity contribution < 1.29 is 9.59 Å². The SMILES string of the molecule is CSc1ccccc1C(=O)N1CCC[C@@H](c2nccn2CC(N)=O)C1. The van der Waals surface area contributed by atoms with E-state index in [1.54, 1.807) is 28.7 Å². The molecule has 0 aliphatic carbocycles. The van der Waals surface area contributed by atoms with E-state index in [2.05, 4.69) is 4.98 Å². The van der Waals surface area contributed by atoms with Gasteiger partial charge in [-0.15, -0.1) is 11.8 Å². The van der Waals surface area contributed by atoms with Gasteiger partial charge in [0.1, 0.15) is 12.4 Å². The number of thioether (sulfide) groups is 1. The zero-order valence-electron chi connectivity index (χ0n) is 14.2. The summed E-state index contributed by atoms with van der Waals surface area (Å²) in [7, 11) is 0. The van der Waals surface area contributed by atoms with Crippen LogP contribution in [0.15, 0.2) is 41.6 Å². The van der Waals surface area contributed by atoms with Gasteiger partial charge in [-0.3, -0.25) is 9.59 Å². The molecule has 0 unspecified atom stereocenters. The van der Waals surface area contributed by atoms with E-state index in [1.807, 2.05) is 35.4 Å². The molecule has 1 saturated heterocycles. The molecular weight excluding hydrogens is 336 g/mol. The number of nitrogens with two attached hydrogens (primary N) is 1. The van der Waals surface area contributed by atoms with E-state index in [0.717, 1.165) is 35.7 Å². The summed E-state index contributed by atoms with van der Waals surface area (Å²) in [5.74, 6) is 0.613. The summed E-state index contributed by atoms with van der Waals surface area (Å²) in [6.07, 6.45) is 7.29. The molecule has 0 spiro atoms. The van der Waals surface area contributed by atoms with Crippen LogP contribution in [0.2, 0.25) is 0 Å². The normalized spacial score (nSPS) is 17.5. The van der Waals surface area contributed by atoms with E-state index in [0.29, 0.717) is 6.54 Å². The Bertz CT molecular complexity index is 774. The van der Waals surface area contributed by atoms with Gasteiger partial charge in [0.2, 0.25) is 5.91 Å². The molecule has 2 heterocycles. The quantitative estimate of drug-likeness (QED) is 0.830. The van der Waals surface area contributed by atoms with Gasteiger partial charge < -0.3 is 15.2 Å². The van der Waals surface area contributed by atoms with Crippen LogP contribution in [0.3, 0.4) is 0 Å². The van der Waals surface area contributed by atoms with Gasteiger partial charge >= 0.3 is 0 Å². The second-order valence-corrected chi connectivity index (χ2v) is 7.02. The minimum atomic E-state index is -0.392. The highest BCUT2D eigenvalue weighted by molar-refractivity contribution is 7.98. The van der Waals surface area contributed by atoms with Crippen LogP contribution in [-0.2, 0) is 11.3 Å². The van der Waals surface area contributed by atoms with Gasteiger partial charge in [0.15, 0.2) is 0 Å². The molecule has 2 amide bonds. The lowest BCUT2D eigenvalue weighted by atomic mass is 9.96. The van der Waals surface area contributed by atoms with Gasteiger partial charge in [0, 0.05) is 36.3 Å². The van der Waals surface area contributed by atoms with Gasteiger partial charge in [-0.05, 0) is 31.2 Å². The number of carbonyl (C=O) groups excluding carboxylic acids is 2. The topological polar surface area (TPSA) is 81.2 Å². The molecule has 6 nitrogen and oxygen atoms in total. The number of piperidine rings is 1. The van der Waals surface area contributed by atoms with Crippen LogP contribution in [0, 0.1) is 0 Å². The summed E-state index contributed by atoms with van der Waals surface area (Å²) >= 11 is 1.58. The van der Waals surface area contributed by atoms with Crippen LogP contribution >= 0.6 is 11.8 Å². The second kappa shape index (κ2) is 7.74. The lowest BCUT2D eigenvalue weighted by molar-refractivity contribution is -0.118. The lowest BCUT2D eigenvalue weighted by Gasteiger charge is -2.33. The smallest absolute Gasteiger partial charge is 0.255 e. The predicted octanol–water partition coefficient (Wildman–Crippen LogP) is 2.11. The number of rotatable bonds is 5. The Morgan fingerprint density at radius 3 is 2.92 bits per heavy atom. The highest BCUT2D eigenvalue weighted by Crippen LogP contribution is 2.28. The number of amides is 2. The van der Waals surface area contributed by atoms with Gasteiger partial charge in [-0.2, -0.15) is 0 Å². The number of hydrogen-bond acceptors (Lipinski definition) is 4. The van der Waals surface area contributed by atoms with Crippen molar-refractivity contribution in [2.24, 2.45) is 5.73 Å². The molecule has 132 valence electrons. The zero-order valence-corrected chi connectivity index (χ0v) is 15.0. The van der Waals surface area contributed by atoms with Crippen molar-refractivity contribution in [2.75, 3.05) is 19.3 Å². The first kappa shape index (κ1) is 17.5. The summed E-state index contributed by atoms with van der Waals surface area (Å²) in [4.78, 5) is 31.5. The molecule has 2 N–H and O–H groups in total. The summed E-state index contributed by atoms with van der Waals surface area (Å²) in [5, 5.41) is 0. The number of likely N-dealkylation sites (tertiary alicyclic amines) is 1.